The minimum atomic E-state index is 0.0179. The average Bonchev–Trinajstić information content (AvgIpc) is 2.77. The van der Waals surface area contributed by atoms with Gasteiger partial charge in [0.05, 0.1) is 17.5 Å². The van der Waals surface area contributed by atoms with Gasteiger partial charge in [-0.15, -0.1) is 0 Å². The van der Waals surface area contributed by atoms with Crippen LogP contribution in [0.3, 0.4) is 0 Å². The molecule has 0 aromatic carbocycles. The molecule has 0 spiro atoms. The normalized spacial score (nSPS) is 16.2. The Morgan fingerprint density at radius 3 is 2.94 bits per heavy atom. The molecule has 0 unspecified atom stereocenters. The summed E-state index contributed by atoms with van der Waals surface area (Å²) in [6.07, 6.45) is 3.76. The SMILES string of the molecule is CC(C)[C@@H](C)NC(=O)c1cnn2c1CCC2. The monoisotopic (exact) mass is 221 g/mol. The maximum absolute atomic E-state index is 12.0. The highest BCUT2D eigenvalue weighted by Crippen LogP contribution is 2.18. The Kier molecular flexibility index (Phi) is 2.99. The molecule has 0 saturated heterocycles. The summed E-state index contributed by atoms with van der Waals surface area (Å²) in [6, 6.07) is 0.199. The van der Waals surface area contributed by atoms with Gasteiger partial charge < -0.3 is 5.32 Å². The number of amides is 1. The Morgan fingerprint density at radius 2 is 2.25 bits per heavy atom. The van der Waals surface area contributed by atoms with Crippen molar-refractivity contribution in [1.29, 1.82) is 0 Å². The number of carbonyl (C=O) groups excluding carboxylic acids is 1. The van der Waals surface area contributed by atoms with Gasteiger partial charge in [-0.3, -0.25) is 9.48 Å². The highest BCUT2D eigenvalue weighted by atomic mass is 16.1. The highest BCUT2D eigenvalue weighted by Gasteiger charge is 2.22. The first kappa shape index (κ1) is 11.2. The summed E-state index contributed by atoms with van der Waals surface area (Å²) in [5, 5.41) is 7.24. The van der Waals surface area contributed by atoms with Crippen molar-refractivity contribution in [2.24, 2.45) is 5.92 Å². The maximum Gasteiger partial charge on any atom is 0.254 e. The lowest BCUT2D eigenvalue weighted by Crippen LogP contribution is -2.36. The predicted octanol–water partition coefficient (Wildman–Crippen LogP) is 1.60. The van der Waals surface area contributed by atoms with Crippen LogP contribution in [-0.2, 0) is 13.0 Å². The fraction of sp³-hybridized carbons (Fsp3) is 0.667. The van der Waals surface area contributed by atoms with E-state index in [9.17, 15) is 4.79 Å². The standard InChI is InChI=1S/C12H19N3O/c1-8(2)9(3)14-12(16)10-7-13-15-6-4-5-11(10)15/h7-9H,4-6H2,1-3H3,(H,14,16)/t9-/m1/s1. The van der Waals surface area contributed by atoms with Crippen molar-refractivity contribution >= 4 is 5.91 Å². The van der Waals surface area contributed by atoms with Crippen molar-refractivity contribution in [3.05, 3.63) is 17.5 Å². The van der Waals surface area contributed by atoms with Crippen LogP contribution in [0.15, 0.2) is 6.20 Å². The number of aryl methyl sites for hydroxylation is 1. The number of nitrogens with one attached hydrogen (secondary N) is 1. The third-order valence-electron chi connectivity index (χ3n) is 3.34. The van der Waals surface area contributed by atoms with Gasteiger partial charge in [-0.25, -0.2) is 0 Å². The first-order valence-corrected chi connectivity index (χ1v) is 5.95. The van der Waals surface area contributed by atoms with E-state index < -0.39 is 0 Å². The second-order valence-corrected chi connectivity index (χ2v) is 4.84. The fourth-order valence-corrected chi connectivity index (χ4v) is 1.90. The van der Waals surface area contributed by atoms with Crippen LogP contribution in [0.5, 0.6) is 0 Å². The Morgan fingerprint density at radius 1 is 1.50 bits per heavy atom. The largest absolute Gasteiger partial charge is 0.349 e. The summed E-state index contributed by atoms with van der Waals surface area (Å²) in [4.78, 5) is 12.0. The van der Waals surface area contributed by atoms with Gasteiger partial charge in [0.1, 0.15) is 0 Å². The zero-order valence-corrected chi connectivity index (χ0v) is 10.2. The molecule has 4 nitrogen and oxygen atoms in total. The average molecular weight is 221 g/mol. The van der Waals surface area contributed by atoms with E-state index in [4.69, 9.17) is 0 Å². The molecule has 0 fully saturated rings. The van der Waals surface area contributed by atoms with E-state index in [0.717, 1.165) is 30.6 Å². The Balaban J connectivity index is 2.10. The van der Waals surface area contributed by atoms with E-state index in [-0.39, 0.29) is 11.9 Å². The highest BCUT2D eigenvalue weighted by molar-refractivity contribution is 5.95. The van der Waals surface area contributed by atoms with Gasteiger partial charge in [0, 0.05) is 12.6 Å². The van der Waals surface area contributed by atoms with Gasteiger partial charge in [0.25, 0.3) is 5.91 Å². The lowest BCUT2D eigenvalue weighted by molar-refractivity contribution is 0.0929. The summed E-state index contributed by atoms with van der Waals surface area (Å²) < 4.78 is 1.94. The van der Waals surface area contributed by atoms with Gasteiger partial charge in [0.2, 0.25) is 0 Å². The van der Waals surface area contributed by atoms with Gasteiger partial charge in [-0.1, -0.05) is 13.8 Å². The van der Waals surface area contributed by atoms with E-state index in [1.165, 1.54) is 0 Å². The van der Waals surface area contributed by atoms with Crippen LogP contribution in [-0.4, -0.2) is 21.7 Å². The molecule has 1 aromatic heterocycles. The van der Waals surface area contributed by atoms with Crippen molar-refractivity contribution < 1.29 is 4.79 Å². The number of aromatic nitrogens is 2. The molecular formula is C12H19N3O. The summed E-state index contributed by atoms with van der Waals surface area (Å²) in [7, 11) is 0. The molecule has 1 aliphatic rings. The third-order valence-corrected chi connectivity index (χ3v) is 3.34. The van der Waals surface area contributed by atoms with E-state index >= 15 is 0 Å². The van der Waals surface area contributed by atoms with E-state index in [0.29, 0.717) is 5.92 Å². The molecule has 4 heteroatoms. The van der Waals surface area contributed by atoms with Crippen LogP contribution in [0.25, 0.3) is 0 Å². The molecule has 0 bridgehead atoms. The lowest BCUT2D eigenvalue weighted by atomic mass is 10.1. The van der Waals surface area contributed by atoms with Gasteiger partial charge in [-0.05, 0) is 25.7 Å². The van der Waals surface area contributed by atoms with E-state index in [1.807, 2.05) is 11.6 Å². The molecule has 0 radical (unpaired) electrons. The fourth-order valence-electron chi connectivity index (χ4n) is 1.90. The summed E-state index contributed by atoms with van der Waals surface area (Å²) >= 11 is 0. The van der Waals surface area contributed by atoms with Gasteiger partial charge >= 0.3 is 0 Å². The summed E-state index contributed by atoms with van der Waals surface area (Å²) in [5.41, 5.74) is 1.85. The number of carbonyl (C=O) groups is 1. The third kappa shape index (κ3) is 1.96. The second kappa shape index (κ2) is 4.28. The smallest absolute Gasteiger partial charge is 0.254 e. The minimum absolute atomic E-state index is 0.0179. The second-order valence-electron chi connectivity index (χ2n) is 4.84. The Labute approximate surface area is 96.0 Å². The van der Waals surface area contributed by atoms with Gasteiger partial charge in [-0.2, -0.15) is 5.10 Å². The molecule has 1 amide bonds. The minimum Gasteiger partial charge on any atom is -0.349 e. The number of rotatable bonds is 3. The first-order chi connectivity index (χ1) is 7.59. The molecule has 88 valence electrons. The van der Waals surface area contributed by atoms with E-state index in [2.05, 4.69) is 24.3 Å². The van der Waals surface area contributed by atoms with Crippen LogP contribution >= 0.6 is 0 Å². The van der Waals surface area contributed by atoms with Crippen LogP contribution in [0.2, 0.25) is 0 Å². The number of hydrogen-bond donors (Lipinski definition) is 1. The summed E-state index contributed by atoms with van der Waals surface area (Å²) in [5.74, 6) is 0.469. The van der Waals surface area contributed by atoms with Gasteiger partial charge in [0.15, 0.2) is 0 Å². The first-order valence-electron chi connectivity index (χ1n) is 5.95. The topological polar surface area (TPSA) is 46.9 Å². The molecule has 2 heterocycles. The van der Waals surface area contributed by atoms with Crippen molar-refractivity contribution in [3.8, 4) is 0 Å². The number of fused-ring (bicyclic) bond motifs is 1. The lowest BCUT2D eigenvalue weighted by Gasteiger charge is -2.17. The summed E-state index contributed by atoms with van der Waals surface area (Å²) in [6.45, 7) is 7.19. The molecule has 0 saturated carbocycles. The molecule has 1 aliphatic heterocycles. The van der Waals surface area contributed by atoms with Crippen LogP contribution < -0.4 is 5.32 Å². The van der Waals surface area contributed by atoms with Crippen LogP contribution in [0, 0.1) is 5.92 Å². The molecule has 1 aromatic rings. The van der Waals surface area contributed by atoms with E-state index in [1.54, 1.807) is 6.20 Å². The number of hydrogen-bond acceptors (Lipinski definition) is 2. The predicted molar refractivity (Wildman–Crippen MR) is 62.3 cm³/mol. The molecule has 0 aliphatic carbocycles. The van der Waals surface area contributed by atoms with Crippen molar-refractivity contribution in [3.63, 3.8) is 0 Å². The maximum atomic E-state index is 12.0. The quantitative estimate of drug-likeness (QED) is 0.842. The van der Waals surface area contributed by atoms with Crippen molar-refractivity contribution in [1.82, 2.24) is 15.1 Å². The van der Waals surface area contributed by atoms with Crippen LogP contribution in [0.1, 0.15) is 43.2 Å². The molecule has 2 rings (SSSR count). The zero-order valence-electron chi connectivity index (χ0n) is 10.2. The van der Waals surface area contributed by atoms with Crippen molar-refractivity contribution in [2.45, 2.75) is 46.2 Å². The Hall–Kier alpha value is -1.32. The molecule has 1 N–H and O–H groups in total. The molecular weight excluding hydrogens is 202 g/mol. The Bertz CT molecular complexity index is 395. The molecule has 1 atom stereocenters. The van der Waals surface area contributed by atoms with Crippen LogP contribution in [0.4, 0.5) is 0 Å². The van der Waals surface area contributed by atoms with Crippen molar-refractivity contribution in [2.75, 3.05) is 0 Å². The zero-order chi connectivity index (χ0) is 11.7. The molecule has 16 heavy (non-hydrogen) atoms. The number of nitrogens with zero attached hydrogens (tertiary/aromatic N) is 2.